The second-order valence-corrected chi connectivity index (χ2v) is 7.56. The molecule has 2 rings (SSSR count). The number of benzene rings is 1. The van der Waals surface area contributed by atoms with Gasteiger partial charge in [0.05, 0.1) is 13.1 Å². The van der Waals surface area contributed by atoms with Crippen LogP contribution >= 0.6 is 43.2 Å². The number of hydrogen-bond acceptors (Lipinski definition) is 4. The molecule has 0 aliphatic rings. The van der Waals surface area contributed by atoms with Crippen molar-refractivity contribution in [1.29, 1.82) is 0 Å². The number of ketones is 1. The number of para-hydroxylation sites is 1. The number of rotatable bonds is 5. The first-order valence-electron chi connectivity index (χ1n) is 5.48. The predicted octanol–water partition coefficient (Wildman–Crippen LogP) is 3.63. The van der Waals surface area contributed by atoms with Gasteiger partial charge in [-0.25, -0.2) is 0 Å². The summed E-state index contributed by atoms with van der Waals surface area (Å²) in [4.78, 5) is 23.3. The third-order valence-electron chi connectivity index (χ3n) is 2.47. The monoisotopic (exact) mass is 417 g/mol. The van der Waals surface area contributed by atoms with E-state index in [9.17, 15) is 9.59 Å². The van der Waals surface area contributed by atoms with Crippen LogP contribution in [0.2, 0.25) is 0 Å². The molecule has 1 heterocycles. The molecule has 4 nitrogen and oxygen atoms in total. The highest BCUT2D eigenvalue weighted by atomic mass is 79.9. The molecule has 0 fully saturated rings. The maximum absolute atomic E-state index is 12.0. The molecule has 0 radical (unpaired) electrons. The summed E-state index contributed by atoms with van der Waals surface area (Å²) < 4.78 is 6.99. The molecule has 0 saturated heterocycles. The molecule has 0 aliphatic carbocycles. The fourth-order valence-electron chi connectivity index (χ4n) is 1.55. The van der Waals surface area contributed by atoms with Crippen molar-refractivity contribution in [3.8, 4) is 5.75 Å². The molecule has 2 aromatic rings. The average Bonchev–Trinajstić information content (AvgIpc) is 2.75. The van der Waals surface area contributed by atoms with Crippen molar-refractivity contribution in [2.24, 2.45) is 5.73 Å². The van der Waals surface area contributed by atoms with Crippen LogP contribution in [-0.4, -0.2) is 18.3 Å². The van der Waals surface area contributed by atoms with Gasteiger partial charge in [0.25, 0.3) is 5.91 Å². The molecule has 104 valence electrons. The Hall–Kier alpha value is -1.18. The molecule has 20 heavy (non-hydrogen) atoms. The van der Waals surface area contributed by atoms with Crippen molar-refractivity contribution in [3.05, 3.63) is 49.0 Å². The Balaban J connectivity index is 2.11. The molecule has 1 amide bonds. The van der Waals surface area contributed by atoms with Gasteiger partial charge in [-0.1, -0.05) is 12.1 Å². The Morgan fingerprint density at radius 2 is 1.90 bits per heavy atom. The number of nitrogens with two attached hydrogens (primary N) is 1. The molecule has 7 heteroatoms. The highest BCUT2D eigenvalue weighted by Gasteiger charge is 2.16. The van der Waals surface area contributed by atoms with Crippen LogP contribution in [0.25, 0.3) is 0 Å². The van der Waals surface area contributed by atoms with Gasteiger partial charge in [0, 0.05) is 5.56 Å². The van der Waals surface area contributed by atoms with E-state index in [1.54, 1.807) is 30.3 Å². The lowest BCUT2D eigenvalue weighted by Crippen LogP contribution is -2.16. The van der Waals surface area contributed by atoms with Crippen molar-refractivity contribution in [2.45, 2.75) is 0 Å². The highest BCUT2D eigenvalue weighted by Crippen LogP contribution is 2.32. The van der Waals surface area contributed by atoms with E-state index in [4.69, 9.17) is 10.5 Å². The molecular weight excluding hydrogens is 410 g/mol. The average molecular weight is 419 g/mol. The standard InChI is InChI=1S/C13H9Br2NO3S/c14-11-5-8(12(15)20-11)9(17)6-19-10-4-2-1-3-7(10)13(16)18/h1-5H,6H2,(H2,16,18). The second-order valence-electron chi connectivity index (χ2n) is 3.81. The number of amides is 1. The van der Waals surface area contributed by atoms with Gasteiger partial charge in [-0.15, -0.1) is 11.3 Å². The second kappa shape index (κ2) is 6.51. The Kier molecular flexibility index (Phi) is 4.95. The molecule has 1 aromatic carbocycles. The Morgan fingerprint density at radius 3 is 2.50 bits per heavy atom. The zero-order valence-corrected chi connectivity index (χ0v) is 14.0. The molecule has 0 atom stereocenters. The van der Waals surface area contributed by atoms with Gasteiger partial charge >= 0.3 is 0 Å². The van der Waals surface area contributed by atoms with Gasteiger partial charge in [0.2, 0.25) is 5.78 Å². The number of carbonyl (C=O) groups excluding carboxylic acids is 2. The largest absolute Gasteiger partial charge is 0.485 e. The topological polar surface area (TPSA) is 69.4 Å². The van der Waals surface area contributed by atoms with E-state index in [-0.39, 0.29) is 18.0 Å². The van der Waals surface area contributed by atoms with E-state index in [1.165, 1.54) is 11.3 Å². The third-order valence-corrected chi connectivity index (χ3v) is 4.81. The molecule has 1 aromatic heterocycles. The molecule has 0 unspecified atom stereocenters. The fraction of sp³-hybridized carbons (Fsp3) is 0.0769. The summed E-state index contributed by atoms with van der Waals surface area (Å²) in [5.41, 5.74) is 6.04. The Morgan fingerprint density at radius 1 is 1.20 bits per heavy atom. The van der Waals surface area contributed by atoms with Crippen molar-refractivity contribution in [3.63, 3.8) is 0 Å². The van der Waals surface area contributed by atoms with Crippen LogP contribution in [0.4, 0.5) is 0 Å². The summed E-state index contributed by atoms with van der Waals surface area (Å²) >= 11 is 8.04. The Labute approximate surface area is 136 Å². The normalized spacial score (nSPS) is 10.3. The smallest absolute Gasteiger partial charge is 0.252 e. The SMILES string of the molecule is NC(=O)c1ccccc1OCC(=O)c1cc(Br)sc1Br. The van der Waals surface area contributed by atoms with Crippen LogP contribution < -0.4 is 10.5 Å². The van der Waals surface area contributed by atoms with Crippen molar-refractivity contribution in [2.75, 3.05) is 6.61 Å². The molecular formula is C13H9Br2NO3S. The summed E-state index contributed by atoms with van der Waals surface area (Å²) in [5.74, 6) is -0.468. The fourth-order valence-corrected chi connectivity index (χ4v) is 4.40. The van der Waals surface area contributed by atoms with Gasteiger partial charge < -0.3 is 10.5 Å². The zero-order valence-electron chi connectivity index (χ0n) is 10.1. The van der Waals surface area contributed by atoms with Gasteiger partial charge in [0.1, 0.15) is 5.75 Å². The number of carbonyl (C=O) groups is 2. The van der Waals surface area contributed by atoms with Crippen LogP contribution in [0.1, 0.15) is 20.7 Å². The van der Waals surface area contributed by atoms with Crippen LogP contribution in [0, 0.1) is 0 Å². The van der Waals surface area contributed by atoms with Crippen molar-refractivity contribution < 1.29 is 14.3 Å². The molecule has 0 saturated carbocycles. The zero-order chi connectivity index (χ0) is 14.7. The van der Waals surface area contributed by atoms with Crippen molar-refractivity contribution >= 4 is 54.9 Å². The molecule has 2 N–H and O–H groups in total. The van der Waals surface area contributed by atoms with E-state index < -0.39 is 5.91 Å². The summed E-state index contributed by atoms with van der Waals surface area (Å²) in [6.45, 7) is -0.161. The first-order chi connectivity index (χ1) is 9.49. The lowest BCUT2D eigenvalue weighted by atomic mass is 10.2. The van der Waals surface area contributed by atoms with E-state index in [1.807, 2.05) is 0 Å². The van der Waals surface area contributed by atoms with Crippen LogP contribution in [-0.2, 0) is 0 Å². The van der Waals surface area contributed by atoms with Crippen molar-refractivity contribution in [1.82, 2.24) is 0 Å². The highest BCUT2D eigenvalue weighted by molar-refractivity contribution is 9.12. The summed E-state index contributed by atoms with van der Waals surface area (Å²) in [5, 5.41) is 0. The number of Topliss-reactive ketones (excluding diaryl/α,β-unsaturated/α-hetero) is 1. The first kappa shape index (κ1) is 15.2. The van der Waals surface area contributed by atoms with E-state index >= 15 is 0 Å². The Bertz CT molecular complexity index is 669. The summed E-state index contributed by atoms with van der Waals surface area (Å²) in [6, 6.07) is 8.27. The molecule has 0 bridgehead atoms. The minimum Gasteiger partial charge on any atom is -0.485 e. The lowest BCUT2D eigenvalue weighted by molar-refractivity contribution is 0.0912. The van der Waals surface area contributed by atoms with Gasteiger partial charge in [-0.2, -0.15) is 0 Å². The predicted molar refractivity (Wildman–Crippen MR) is 84.5 cm³/mol. The number of thiophene rings is 1. The minimum atomic E-state index is -0.590. The third kappa shape index (κ3) is 3.47. The van der Waals surface area contributed by atoms with E-state index in [0.717, 1.165) is 7.57 Å². The summed E-state index contributed by atoms with van der Waals surface area (Å²) in [6.07, 6.45) is 0. The van der Waals surface area contributed by atoms with E-state index in [2.05, 4.69) is 31.9 Å². The maximum Gasteiger partial charge on any atom is 0.252 e. The number of halogens is 2. The maximum atomic E-state index is 12.0. The van der Waals surface area contributed by atoms with Crippen LogP contribution in [0.3, 0.4) is 0 Å². The van der Waals surface area contributed by atoms with Gasteiger partial charge in [-0.05, 0) is 50.1 Å². The van der Waals surface area contributed by atoms with Crippen LogP contribution in [0.15, 0.2) is 37.9 Å². The quantitative estimate of drug-likeness (QED) is 0.753. The van der Waals surface area contributed by atoms with Gasteiger partial charge in [-0.3, -0.25) is 9.59 Å². The van der Waals surface area contributed by atoms with Crippen LogP contribution in [0.5, 0.6) is 5.75 Å². The number of hydrogen-bond donors (Lipinski definition) is 1. The van der Waals surface area contributed by atoms with Gasteiger partial charge in [0.15, 0.2) is 6.61 Å². The number of ether oxygens (including phenoxy) is 1. The lowest BCUT2D eigenvalue weighted by Gasteiger charge is -2.08. The first-order valence-corrected chi connectivity index (χ1v) is 7.89. The minimum absolute atomic E-state index is 0.161. The molecule has 0 spiro atoms. The van der Waals surface area contributed by atoms with E-state index in [0.29, 0.717) is 11.3 Å². The summed E-state index contributed by atoms with van der Waals surface area (Å²) in [7, 11) is 0. The molecule has 0 aliphatic heterocycles. The number of primary amides is 1.